The molecule has 2 rings (SSSR count). The molecule has 3 N–H and O–H groups in total. The van der Waals surface area contributed by atoms with Gasteiger partial charge in [0, 0.05) is 16.8 Å². The molecule has 0 fully saturated rings. The highest BCUT2D eigenvalue weighted by Gasteiger charge is 2.12. The van der Waals surface area contributed by atoms with Gasteiger partial charge in [-0.15, -0.1) is 0 Å². The Morgan fingerprint density at radius 3 is 2.22 bits per heavy atom. The first-order valence-corrected chi connectivity index (χ1v) is 6.64. The molecular formula is C14H16N2OS. The van der Waals surface area contributed by atoms with E-state index in [0.29, 0.717) is 0 Å². The molecule has 0 saturated carbocycles. The number of nitrogens with one attached hydrogen (secondary N) is 1. The van der Waals surface area contributed by atoms with Crippen LogP contribution in [0.4, 0.5) is 11.4 Å². The van der Waals surface area contributed by atoms with Gasteiger partial charge in [-0.2, -0.15) is 11.3 Å². The van der Waals surface area contributed by atoms with Crippen molar-refractivity contribution in [3.05, 3.63) is 45.1 Å². The Bertz CT molecular complexity index is 579. The van der Waals surface area contributed by atoms with Crippen molar-refractivity contribution in [3.8, 4) is 0 Å². The first-order valence-electron chi connectivity index (χ1n) is 5.70. The van der Waals surface area contributed by atoms with Crippen LogP contribution in [0.5, 0.6) is 0 Å². The molecule has 0 saturated heterocycles. The average Bonchev–Trinajstić information content (AvgIpc) is 2.69. The summed E-state index contributed by atoms with van der Waals surface area (Å²) in [4.78, 5) is 12.1. The molecular weight excluding hydrogens is 244 g/mol. The van der Waals surface area contributed by atoms with Crippen LogP contribution in [0.2, 0.25) is 0 Å². The van der Waals surface area contributed by atoms with Gasteiger partial charge in [-0.25, -0.2) is 0 Å². The Balaban J connectivity index is 2.31. The molecule has 94 valence electrons. The van der Waals surface area contributed by atoms with E-state index >= 15 is 0 Å². The van der Waals surface area contributed by atoms with Crippen molar-refractivity contribution in [2.24, 2.45) is 0 Å². The predicted molar refractivity (Wildman–Crippen MR) is 77.3 cm³/mol. The van der Waals surface area contributed by atoms with Gasteiger partial charge >= 0.3 is 0 Å². The number of nitrogens with two attached hydrogens (primary N) is 1. The summed E-state index contributed by atoms with van der Waals surface area (Å²) in [6, 6.07) is 3.73. The number of thiophene rings is 1. The second-order valence-corrected chi connectivity index (χ2v) is 5.20. The van der Waals surface area contributed by atoms with E-state index in [-0.39, 0.29) is 5.91 Å². The summed E-state index contributed by atoms with van der Waals surface area (Å²) < 4.78 is 0. The molecule has 3 nitrogen and oxygen atoms in total. The van der Waals surface area contributed by atoms with E-state index in [2.05, 4.69) is 5.32 Å². The summed E-state index contributed by atoms with van der Waals surface area (Å²) in [5.41, 5.74) is 11.0. The van der Waals surface area contributed by atoms with Crippen molar-refractivity contribution >= 4 is 28.6 Å². The number of hydrogen-bond donors (Lipinski definition) is 2. The number of amides is 1. The van der Waals surface area contributed by atoms with E-state index in [1.807, 2.05) is 43.7 Å². The molecule has 0 aliphatic carbocycles. The first-order chi connectivity index (χ1) is 8.49. The third kappa shape index (κ3) is 2.38. The lowest BCUT2D eigenvalue weighted by Gasteiger charge is -2.12. The molecule has 18 heavy (non-hydrogen) atoms. The number of nitrogen functional groups attached to an aromatic ring is 1. The molecule has 0 spiro atoms. The van der Waals surface area contributed by atoms with Gasteiger partial charge in [0.1, 0.15) is 0 Å². The van der Waals surface area contributed by atoms with E-state index in [4.69, 9.17) is 5.73 Å². The highest BCUT2D eigenvalue weighted by Crippen LogP contribution is 2.24. The van der Waals surface area contributed by atoms with Crippen molar-refractivity contribution < 1.29 is 4.79 Å². The number of aryl methyl sites for hydroxylation is 3. The first kappa shape index (κ1) is 12.6. The number of hydrogen-bond acceptors (Lipinski definition) is 3. The van der Waals surface area contributed by atoms with E-state index < -0.39 is 0 Å². The summed E-state index contributed by atoms with van der Waals surface area (Å²) in [5, 5.41) is 6.80. The maximum absolute atomic E-state index is 12.1. The quantitative estimate of drug-likeness (QED) is 0.812. The molecule has 0 radical (unpaired) electrons. The standard InChI is InChI=1S/C14H16N2OS/c1-8-4-11(15)5-9(2)13(8)16-14(17)12-7-18-6-10(12)3/h4-7H,15H2,1-3H3,(H,16,17). The maximum atomic E-state index is 12.1. The highest BCUT2D eigenvalue weighted by molar-refractivity contribution is 7.08. The van der Waals surface area contributed by atoms with E-state index in [1.54, 1.807) is 0 Å². The maximum Gasteiger partial charge on any atom is 0.256 e. The number of benzene rings is 1. The van der Waals surface area contributed by atoms with Gasteiger partial charge in [0.15, 0.2) is 0 Å². The van der Waals surface area contributed by atoms with Gasteiger partial charge in [0.2, 0.25) is 0 Å². The van der Waals surface area contributed by atoms with E-state index in [1.165, 1.54) is 11.3 Å². The van der Waals surface area contributed by atoms with Crippen molar-refractivity contribution in [2.45, 2.75) is 20.8 Å². The SMILES string of the molecule is Cc1cscc1C(=O)Nc1c(C)cc(N)cc1C. The zero-order valence-electron chi connectivity index (χ0n) is 10.7. The number of carbonyl (C=O) groups is 1. The van der Waals surface area contributed by atoms with Gasteiger partial charge in [-0.05, 0) is 55.0 Å². The highest BCUT2D eigenvalue weighted by atomic mass is 32.1. The minimum absolute atomic E-state index is 0.0651. The summed E-state index contributed by atoms with van der Waals surface area (Å²) in [5.74, 6) is -0.0651. The minimum Gasteiger partial charge on any atom is -0.399 e. The molecule has 0 bridgehead atoms. The van der Waals surface area contributed by atoms with E-state index in [9.17, 15) is 4.79 Å². The number of anilines is 2. The monoisotopic (exact) mass is 260 g/mol. The molecule has 1 amide bonds. The third-order valence-electron chi connectivity index (χ3n) is 2.89. The van der Waals surface area contributed by atoms with Gasteiger partial charge in [-0.1, -0.05) is 0 Å². The average molecular weight is 260 g/mol. The minimum atomic E-state index is -0.0651. The van der Waals surface area contributed by atoms with Crippen LogP contribution in [-0.2, 0) is 0 Å². The van der Waals surface area contributed by atoms with Crippen molar-refractivity contribution in [3.63, 3.8) is 0 Å². The van der Waals surface area contributed by atoms with Crippen LogP contribution < -0.4 is 11.1 Å². The lowest BCUT2D eigenvalue weighted by Crippen LogP contribution is -2.14. The van der Waals surface area contributed by atoms with Gasteiger partial charge < -0.3 is 11.1 Å². The van der Waals surface area contributed by atoms with Crippen molar-refractivity contribution in [2.75, 3.05) is 11.1 Å². The summed E-state index contributed by atoms with van der Waals surface area (Å²) in [6.45, 7) is 5.83. The number of carbonyl (C=O) groups excluding carboxylic acids is 1. The van der Waals surface area contributed by atoms with Crippen LogP contribution in [0.25, 0.3) is 0 Å². The molecule has 1 aromatic heterocycles. The Kier molecular flexibility index (Phi) is 3.39. The van der Waals surface area contributed by atoms with Crippen molar-refractivity contribution in [1.82, 2.24) is 0 Å². The Hall–Kier alpha value is -1.81. The largest absolute Gasteiger partial charge is 0.399 e. The topological polar surface area (TPSA) is 55.1 Å². The smallest absolute Gasteiger partial charge is 0.256 e. The van der Waals surface area contributed by atoms with Gasteiger partial charge in [-0.3, -0.25) is 4.79 Å². The molecule has 1 aromatic carbocycles. The van der Waals surface area contributed by atoms with Crippen LogP contribution in [0.15, 0.2) is 22.9 Å². The van der Waals surface area contributed by atoms with Gasteiger partial charge in [0.05, 0.1) is 5.56 Å². The molecule has 0 unspecified atom stereocenters. The normalized spacial score (nSPS) is 10.4. The van der Waals surface area contributed by atoms with Crippen LogP contribution >= 0.6 is 11.3 Å². The second-order valence-electron chi connectivity index (χ2n) is 4.45. The summed E-state index contributed by atoms with van der Waals surface area (Å²) in [6.07, 6.45) is 0. The molecule has 1 heterocycles. The molecule has 2 aromatic rings. The lowest BCUT2D eigenvalue weighted by molar-refractivity contribution is 0.102. The fourth-order valence-corrected chi connectivity index (χ4v) is 2.80. The molecule has 0 aliphatic rings. The number of rotatable bonds is 2. The Morgan fingerprint density at radius 2 is 1.72 bits per heavy atom. The second kappa shape index (κ2) is 4.82. The fourth-order valence-electron chi connectivity index (χ4n) is 1.97. The zero-order valence-corrected chi connectivity index (χ0v) is 11.5. The van der Waals surface area contributed by atoms with Crippen LogP contribution in [0, 0.1) is 20.8 Å². The third-order valence-corrected chi connectivity index (χ3v) is 3.76. The molecule has 4 heteroatoms. The lowest BCUT2D eigenvalue weighted by atomic mass is 10.1. The van der Waals surface area contributed by atoms with E-state index in [0.717, 1.165) is 33.6 Å². The molecule has 0 aliphatic heterocycles. The van der Waals surface area contributed by atoms with Crippen LogP contribution in [0.1, 0.15) is 27.0 Å². The summed E-state index contributed by atoms with van der Waals surface area (Å²) >= 11 is 1.54. The van der Waals surface area contributed by atoms with Crippen LogP contribution in [0.3, 0.4) is 0 Å². The predicted octanol–water partition coefficient (Wildman–Crippen LogP) is 3.51. The zero-order chi connectivity index (χ0) is 13.3. The molecule has 0 atom stereocenters. The van der Waals surface area contributed by atoms with Crippen LogP contribution in [-0.4, -0.2) is 5.91 Å². The Morgan fingerprint density at radius 1 is 1.11 bits per heavy atom. The van der Waals surface area contributed by atoms with Gasteiger partial charge in [0.25, 0.3) is 5.91 Å². The summed E-state index contributed by atoms with van der Waals surface area (Å²) in [7, 11) is 0. The Labute approximate surface area is 111 Å². The fraction of sp³-hybridized carbons (Fsp3) is 0.214. The van der Waals surface area contributed by atoms with Crippen molar-refractivity contribution in [1.29, 1.82) is 0 Å².